The number of hydrogen-bond acceptors (Lipinski definition) is 4. The number of hydrogen-bond donors (Lipinski definition) is 1. The van der Waals surface area contributed by atoms with Gasteiger partial charge in [0.2, 0.25) is 0 Å². The first-order valence-electron chi connectivity index (χ1n) is 9.87. The number of methoxy groups -OCH3 is 1. The Kier molecular flexibility index (Phi) is 6.57. The Morgan fingerprint density at radius 3 is 2.32 bits per heavy atom. The van der Waals surface area contributed by atoms with Gasteiger partial charge in [0.05, 0.1) is 25.7 Å². The summed E-state index contributed by atoms with van der Waals surface area (Å²) in [5.74, 6) is 0.525. The number of piperidine rings is 1. The van der Waals surface area contributed by atoms with Crippen LogP contribution in [0.1, 0.15) is 42.5 Å². The fraction of sp³-hybridized carbons (Fsp3) is 0.435. The minimum absolute atomic E-state index is 0.0555. The second kappa shape index (κ2) is 9.11. The van der Waals surface area contributed by atoms with E-state index >= 15 is 0 Å². The second-order valence-electron chi connectivity index (χ2n) is 7.31. The monoisotopic (exact) mass is 383 g/mol. The summed E-state index contributed by atoms with van der Waals surface area (Å²) in [4.78, 5) is 13.7. The molecule has 5 nitrogen and oxygen atoms in total. The van der Waals surface area contributed by atoms with Gasteiger partial charge in [0.1, 0.15) is 0 Å². The molecule has 1 aliphatic heterocycles. The molecule has 1 unspecified atom stereocenters. The van der Waals surface area contributed by atoms with Crippen molar-refractivity contribution in [3.8, 4) is 11.5 Å². The van der Waals surface area contributed by atoms with Gasteiger partial charge in [-0.15, -0.1) is 0 Å². The number of carbonyl (C=O) groups is 1. The molecule has 2 aromatic rings. The van der Waals surface area contributed by atoms with Crippen molar-refractivity contribution in [2.75, 3.05) is 26.8 Å². The van der Waals surface area contributed by atoms with Crippen LogP contribution in [-0.4, -0.2) is 42.8 Å². The highest BCUT2D eigenvalue weighted by Crippen LogP contribution is 2.37. The minimum atomic E-state index is -0.686. The van der Waals surface area contributed by atoms with E-state index < -0.39 is 5.97 Å². The molecule has 28 heavy (non-hydrogen) atoms. The van der Waals surface area contributed by atoms with Gasteiger partial charge in [-0.3, -0.25) is 9.69 Å². The number of ether oxygens (including phenoxy) is 2. The lowest BCUT2D eigenvalue weighted by Crippen LogP contribution is -2.39. The maximum absolute atomic E-state index is 11.3. The molecular weight excluding hydrogens is 354 g/mol. The second-order valence-corrected chi connectivity index (χ2v) is 7.31. The Labute approximate surface area is 166 Å². The molecular formula is C23H29NO4. The van der Waals surface area contributed by atoms with E-state index in [1.165, 1.54) is 11.1 Å². The van der Waals surface area contributed by atoms with E-state index in [4.69, 9.17) is 9.47 Å². The third kappa shape index (κ3) is 4.47. The average molecular weight is 383 g/mol. The van der Waals surface area contributed by atoms with Gasteiger partial charge in [0.25, 0.3) is 0 Å². The molecule has 0 aromatic heterocycles. The smallest absolute Gasteiger partial charge is 0.306 e. The van der Waals surface area contributed by atoms with E-state index in [1.807, 2.05) is 19.1 Å². The molecule has 5 heteroatoms. The van der Waals surface area contributed by atoms with Crippen LogP contribution >= 0.6 is 0 Å². The number of nitrogens with zero attached hydrogens (tertiary/aromatic N) is 1. The van der Waals surface area contributed by atoms with Crippen LogP contribution in [0.2, 0.25) is 0 Å². The number of aryl methyl sites for hydroxylation is 1. The number of carboxylic acids is 1. The molecule has 1 aliphatic rings. The largest absolute Gasteiger partial charge is 0.493 e. The van der Waals surface area contributed by atoms with Crippen LogP contribution in [0.4, 0.5) is 0 Å². The lowest BCUT2D eigenvalue weighted by molar-refractivity contribution is -0.143. The summed E-state index contributed by atoms with van der Waals surface area (Å²) in [5.41, 5.74) is 3.54. The van der Waals surface area contributed by atoms with E-state index in [0.29, 0.717) is 19.4 Å². The van der Waals surface area contributed by atoms with Crippen LogP contribution in [0.5, 0.6) is 11.5 Å². The van der Waals surface area contributed by atoms with E-state index in [0.717, 1.165) is 30.2 Å². The quantitative estimate of drug-likeness (QED) is 0.773. The molecule has 0 bridgehead atoms. The first kappa shape index (κ1) is 20.2. The lowest BCUT2D eigenvalue weighted by atomic mass is 9.91. The molecule has 0 spiro atoms. The molecule has 1 saturated heterocycles. The Balaban J connectivity index is 1.95. The summed E-state index contributed by atoms with van der Waals surface area (Å²) in [6.45, 7) is 6.13. The molecule has 0 saturated carbocycles. The first-order chi connectivity index (χ1) is 13.5. The Bertz CT molecular complexity index is 795. The zero-order chi connectivity index (χ0) is 20.1. The molecule has 0 amide bonds. The maximum Gasteiger partial charge on any atom is 0.306 e. The third-order valence-corrected chi connectivity index (χ3v) is 5.44. The highest BCUT2D eigenvalue weighted by atomic mass is 16.5. The fourth-order valence-electron chi connectivity index (χ4n) is 3.90. The molecule has 1 heterocycles. The van der Waals surface area contributed by atoms with Crippen molar-refractivity contribution in [2.45, 2.75) is 32.7 Å². The van der Waals surface area contributed by atoms with Crippen LogP contribution in [0, 0.1) is 12.8 Å². The number of aliphatic carboxylic acids is 1. The van der Waals surface area contributed by atoms with Crippen molar-refractivity contribution < 1.29 is 19.4 Å². The van der Waals surface area contributed by atoms with Gasteiger partial charge in [-0.2, -0.15) is 0 Å². The minimum Gasteiger partial charge on any atom is -0.493 e. The maximum atomic E-state index is 11.3. The molecule has 2 aromatic carbocycles. The van der Waals surface area contributed by atoms with Gasteiger partial charge >= 0.3 is 5.97 Å². The number of benzene rings is 2. The molecule has 0 radical (unpaired) electrons. The van der Waals surface area contributed by atoms with Crippen LogP contribution in [0.25, 0.3) is 0 Å². The Hall–Kier alpha value is -2.53. The van der Waals surface area contributed by atoms with E-state index in [9.17, 15) is 9.90 Å². The van der Waals surface area contributed by atoms with Crippen molar-refractivity contribution in [3.05, 3.63) is 59.2 Å². The van der Waals surface area contributed by atoms with Gasteiger partial charge in [-0.05, 0) is 63.0 Å². The predicted octanol–water partition coefficient (Wildman–Crippen LogP) is 4.29. The first-order valence-corrected chi connectivity index (χ1v) is 9.87. The van der Waals surface area contributed by atoms with Crippen LogP contribution in [-0.2, 0) is 4.79 Å². The topological polar surface area (TPSA) is 59.0 Å². The third-order valence-electron chi connectivity index (χ3n) is 5.44. The standard InChI is InChI=1S/C23H29NO4/c1-4-28-20-10-9-19(15-21(20)27-3)22(17-7-5-16(2)6-8-17)24-13-11-18(12-14-24)23(25)26/h5-10,15,18,22H,4,11-14H2,1-3H3,(H,25,26). The summed E-state index contributed by atoms with van der Waals surface area (Å²) >= 11 is 0. The fourth-order valence-corrected chi connectivity index (χ4v) is 3.90. The van der Waals surface area contributed by atoms with Crippen molar-refractivity contribution >= 4 is 5.97 Å². The summed E-state index contributed by atoms with van der Waals surface area (Å²) < 4.78 is 11.2. The number of likely N-dealkylation sites (tertiary alicyclic amines) is 1. The van der Waals surface area contributed by atoms with Crippen molar-refractivity contribution in [1.29, 1.82) is 0 Å². The normalized spacial score (nSPS) is 16.5. The Morgan fingerprint density at radius 2 is 1.75 bits per heavy atom. The molecule has 150 valence electrons. The van der Waals surface area contributed by atoms with Crippen LogP contribution < -0.4 is 9.47 Å². The van der Waals surface area contributed by atoms with Gasteiger partial charge in [-0.1, -0.05) is 35.9 Å². The van der Waals surface area contributed by atoms with Gasteiger partial charge in [-0.25, -0.2) is 0 Å². The number of rotatable bonds is 7. The summed E-state index contributed by atoms with van der Waals surface area (Å²) in [6.07, 6.45) is 1.34. The number of carboxylic acid groups (broad SMARTS) is 1. The van der Waals surface area contributed by atoms with Gasteiger partial charge in [0.15, 0.2) is 11.5 Å². The van der Waals surface area contributed by atoms with Crippen LogP contribution in [0.3, 0.4) is 0 Å². The Morgan fingerprint density at radius 1 is 1.11 bits per heavy atom. The highest BCUT2D eigenvalue weighted by Gasteiger charge is 2.30. The van der Waals surface area contributed by atoms with Crippen molar-refractivity contribution in [3.63, 3.8) is 0 Å². The molecule has 3 rings (SSSR count). The molecule has 1 fully saturated rings. The van der Waals surface area contributed by atoms with Gasteiger partial charge in [0, 0.05) is 0 Å². The predicted molar refractivity (Wildman–Crippen MR) is 109 cm³/mol. The van der Waals surface area contributed by atoms with Crippen molar-refractivity contribution in [2.24, 2.45) is 5.92 Å². The van der Waals surface area contributed by atoms with Crippen LogP contribution in [0.15, 0.2) is 42.5 Å². The molecule has 1 atom stereocenters. The lowest BCUT2D eigenvalue weighted by Gasteiger charge is -2.37. The summed E-state index contributed by atoms with van der Waals surface area (Å²) in [5, 5.41) is 9.33. The van der Waals surface area contributed by atoms with E-state index in [2.05, 4.69) is 42.2 Å². The average Bonchev–Trinajstić information content (AvgIpc) is 2.71. The SMILES string of the molecule is CCOc1ccc(C(c2ccc(C)cc2)N2CCC(C(=O)O)CC2)cc1OC. The molecule has 1 N–H and O–H groups in total. The zero-order valence-corrected chi connectivity index (χ0v) is 16.9. The van der Waals surface area contributed by atoms with E-state index in [1.54, 1.807) is 7.11 Å². The summed E-state index contributed by atoms with van der Waals surface area (Å²) in [7, 11) is 1.65. The van der Waals surface area contributed by atoms with Gasteiger partial charge < -0.3 is 14.6 Å². The highest BCUT2D eigenvalue weighted by molar-refractivity contribution is 5.70. The zero-order valence-electron chi connectivity index (χ0n) is 16.9. The van der Waals surface area contributed by atoms with Crippen molar-refractivity contribution in [1.82, 2.24) is 4.90 Å². The summed E-state index contributed by atoms with van der Waals surface area (Å²) in [6, 6.07) is 14.7. The molecule has 0 aliphatic carbocycles. The van der Waals surface area contributed by atoms with E-state index in [-0.39, 0.29) is 12.0 Å².